The Morgan fingerprint density at radius 2 is 2.00 bits per heavy atom. The molecule has 3 nitrogen and oxygen atoms in total. The third-order valence-electron chi connectivity index (χ3n) is 2.08. The second kappa shape index (κ2) is 4.63. The second-order valence-corrected chi connectivity index (χ2v) is 3.63. The Bertz CT molecular complexity index is 563. The quantitative estimate of drug-likeness (QED) is 0.771. The summed E-state index contributed by atoms with van der Waals surface area (Å²) in [4.78, 5) is 7.56. The number of aromatic nitrogens is 2. The lowest BCUT2D eigenvalue weighted by atomic mass is 10.3. The van der Waals surface area contributed by atoms with E-state index in [1.165, 1.54) is 12.4 Å². The molecule has 0 fully saturated rings. The number of hydrogen-bond donors (Lipinski definition) is 0. The van der Waals surface area contributed by atoms with Crippen LogP contribution in [0.3, 0.4) is 0 Å². The van der Waals surface area contributed by atoms with Gasteiger partial charge in [0.05, 0.1) is 0 Å². The molecule has 0 aliphatic rings. The first-order valence-corrected chi connectivity index (χ1v) is 5.05. The number of ether oxygens (including phenoxy) is 1. The molecule has 0 N–H and O–H groups in total. The van der Waals surface area contributed by atoms with E-state index in [0.717, 1.165) is 12.1 Å². The van der Waals surface area contributed by atoms with E-state index in [0.29, 0.717) is 5.56 Å². The summed E-state index contributed by atoms with van der Waals surface area (Å²) < 4.78 is 31.2. The maximum Gasteiger partial charge on any atom is 0.226 e. The highest BCUT2D eigenvalue weighted by molar-refractivity contribution is 6.30. The molecule has 2 rings (SSSR count). The number of halogens is 3. The summed E-state index contributed by atoms with van der Waals surface area (Å²) in [7, 11) is 0. The van der Waals surface area contributed by atoms with Gasteiger partial charge < -0.3 is 4.74 Å². The molecule has 0 spiro atoms. The number of benzene rings is 1. The molecule has 0 radical (unpaired) electrons. The van der Waals surface area contributed by atoms with E-state index in [1.807, 2.05) is 0 Å². The lowest BCUT2D eigenvalue weighted by Gasteiger charge is -2.08. The topological polar surface area (TPSA) is 35.0 Å². The van der Waals surface area contributed by atoms with Crippen molar-refractivity contribution >= 4 is 11.6 Å². The van der Waals surface area contributed by atoms with Gasteiger partial charge in [-0.3, -0.25) is 0 Å². The van der Waals surface area contributed by atoms with Gasteiger partial charge in [0, 0.05) is 11.6 Å². The largest absolute Gasteiger partial charge is 0.435 e. The fraction of sp³-hybridized carbons (Fsp3) is 0.0909. The summed E-state index contributed by atoms with van der Waals surface area (Å²) in [6.45, 7) is 1.64. The highest BCUT2D eigenvalue weighted by Gasteiger charge is 2.11. The van der Waals surface area contributed by atoms with Crippen molar-refractivity contribution in [3.05, 3.63) is 46.9 Å². The number of hydrogen-bond acceptors (Lipinski definition) is 3. The second-order valence-electron chi connectivity index (χ2n) is 3.27. The molecule has 0 saturated carbocycles. The number of nitrogens with zero attached hydrogens (tertiary/aromatic N) is 2. The maximum atomic E-state index is 13.3. The van der Waals surface area contributed by atoms with Crippen LogP contribution in [-0.4, -0.2) is 9.97 Å². The van der Waals surface area contributed by atoms with Crippen LogP contribution in [0.2, 0.25) is 5.15 Å². The monoisotopic (exact) mass is 256 g/mol. The van der Waals surface area contributed by atoms with Crippen LogP contribution in [0, 0.1) is 18.6 Å². The van der Waals surface area contributed by atoms with Crippen LogP contribution < -0.4 is 4.74 Å². The summed E-state index contributed by atoms with van der Waals surface area (Å²) in [5, 5.41) is 0.220. The van der Waals surface area contributed by atoms with Gasteiger partial charge in [-0.1, -0.05) is 11.6 Å². The van der Waals surface area contributed by atoms with Gasteiger partial charge in [-0.05, 0) is 19.1 Å². The minimum absolute atomic E-state index is 0.121. The van der Waals surface area contributed by atoms with Crippen molar-refractivity contribution in [2.24, 2.45) is 0 Å². The Morgan fingerprint density at radius 3 is 2.71 bits per heavy atom. The molecule has 17 heavy (non-hydrogen) atoms. The Labute approximate surface area is 101 Å². The van der Waals surface area contributed by atoms with Crippen molar-refractivity contribution < 1.29 is 13.5 Å². The first-order valence-electron chi connectivity index (χ1n) is 4.68. The summed E-state index contributed by atoms with van der Waals surface area (Å²) in [6, 6.07) is 3.00. The van der Waals surface area contributed by atoms with E-state index in [-0.39, 0.29) is 16.8 Å². The first-order chi connectivity index (χ1) is 8.08. The zero-order chi connectivity index (χ0) is 12.4. The lowest BCUT2D eigenvalue weighted by Crippen LogP contribution is -1.95. The third-order valence-corrected chi connectivity index (χ3v) is 2.46. The van der Waals surface area contributed by atoms with Crippen molar-refractivity contribution in [2.45, 2.75) is 6.92 Å². The normalized spacial score (nSPS) is 10.4. The molecule has 0 amide bonds. The van der Waals surface area contributed by atoms with Crippen molar-refractivity contribution in [3.8, 4) is 11.6 Å². The van der Waals surface area contributed by atoms with E-state index >= 15 is 0 Å². The van der Waals surface area contributed by atoms with Gasteiger partial charge >= 0.3 is 0 Å². The van der Waals surface area contributed by atoms with E-state index in [4.69, 9.17) is 16.3 Å². The van der Waals surface area contributed by atoms with Crippen LogP contribution in [0.15, 0.2) is 24.5 Å². The molecular formula is C11H7ClF2N2O. The van der Waals surface area contributed by atoms with Gasteiger partial charge in [0.25, 0.3) is 0 Å². The predicted molar refractivity (Wildman–Crippen MR) is 58.2 cm³/mol. The summed E-state index contributed by atoms with van der Waals surface area (Å²) in [5.41, 5.74) is 0.484. The Balaban J connectivity index is 2.35. The average Bonchev–Trinajstić information content (AvgIpc) is 2.28. The lowest BCUT2D eigenvalue weighted by molar-refractivity contribution is 0.420. The average molecular weight is 257 g/mol. The molecule has 1 heterocycles. The first kappa shape index (κ1) is 11.7. The van der Waals surface area contributed by atoms with Crippen LogP contribution in [-0.2, 0) is 0 Å². The molecule has 2 aromatic rings. The fourth-order valence-corrected chi connectivity index (χ4v) is 1.30. The van der Waals surface area contributed by atoms with Crippen molar-refractivity contribution in [1.29, 1.82) is 0 Å². The van der Waals surface area contributed by atoms with Crippen molar-refractivity contribution in [2.75, 3.05) is 0 Å². The molecular weight excluding hydrogens is 250 g/mol. The molecule has 0 unspecified atom stereocenters. The smallest absolute Gasteiger partial charge is 0.226 e. The Kier molecular flexibility index (Phi) is 3.19. The maximum absolute atomic E-state index is 13.3. The summed E-state index contributed by atoms with van der Waals surface area (Å²) >= 11 is 5.76. The standard InChI is InChI=1S/C11H7ClF2N2O/c1-6-10(12)15-5-16-11(6)17-9-3-2-7(13)4-8(9)14/h2-5H,1H3. The zero-order valence-electron chi connectivity index (χ0n) is 8.75. The van der Waals surface area contributed by atoms with Gasteiger partial charge in [-0.25, -0.2) is 18.7 Å². The van der Waals surface area contributed by atoms with E-state index in [2.05, 4.69) is 9.97 Å². The fourth-order valence-electron chi connectivity index (χ4n) is 1.18. The van der Waals surface area contributed by atoms with Gasteiger partial charge in [0.2, 0.25) is 5.88 Å². The summed E-state index contributed by atoms with van der Waals surface area (Å²) in [5.74, 6) is -1.47. The Morgan fingerprint density at radius 1 is 1.24 bits per heavy atom. The van der Waals surface area contributed by atoms with Crippen LogP contribution >= 0.6 is 11.6 Å². The molecule has 0 aliphatic heterocycles. The van der Waals surface area contributed by atoms with Crippen LogP contribution in [0.1, 0.15) is 5.56 Å². The highest BCUT2D eigenvalue weighted by Crippen LogP contribution is 2.27. The zero-order valence-corrected chi connectivity index (χ0v) is 9.50. The molecule has 88 valence electrons. The van der Waals surface area contributed by atoms with Gasteiger partial charge in [-0.15, -0.1) is 0 Å². The van der Waals surface area contributed by atoms with Gasteiger partial charge in [0.15, 0.2) is 11.6 Å². The van der Waals surface area contributed by atoms with Crippen molar-refractivity contribution in [3.63, 3.8) is 0 Å². The van der Waals surface area contributed by atoms with Gasteiger partial charge in [0.1, 0.15) is 17.3 Å². The van der Waals surface area contributed by atoms with Crippen molar-refractivity contribution in [1.82, 2.24) is 9.97 Å². The minimum Gasteiger partial charge on any atom is -0.435 e. The van der Waals surface area contributed by atoms with E-state index in [9.17, 15) is 8.78 Å². The third kappa shape index (κ3) is 2.50. The van der Waals surface area contributed by atoms with E-state index in [1.54, 1.807) is 6.92 Å². The van der Waals surface area contributed by atoms with Crippen LogP contribution in [0.5, 0.6) is 11.6 Å². The molecule has 1 aromatic heterocycles. The van der Waals surface area contributed by atoms with Crippen LogP contribution in [0.25, 0.3) is 0 Å². The number of rotatable bonds is 2. The van der Waals surface area contributed by atoms with E-state index < -0.39 is 11.6 Å². The minimum atomic E-state index is -0.806. The SMILES string of the molecule is Cc1c(Cl)ncnc1Oc1ccc(F)cc1F. The molecule has 0 aliphatic carbocycles. The molecule has 0 saturated heterocycles. The Hall–Kier alpha value is -1.75. The molecule has 1 aromatic carbocycles. The van der Waals surface area contributed by atoms with Crippen LogP contribution in [0.4, 0.5) is 8.78 Å². The molecule has 6 heteroatoms. The molecule has 0 bridgehead atoms. The predicted octanol–water partition coefficient (Wildman–Crippen LogP) is 3.51. The van der Waals surface area contributed by atoms with Gasteiger partial charge in [-0.2, -0.15) is 0 Å². The summed E-state index contributed by atoms with van der Waals surface area (Å²) in [6.07, 6.45) is 1.20. The molecule has 0 atom stereocenters. The highest BCUT2D eigenvalue weighted by atomic mass is 35.5.